The van der Waals surface area contributed by atoms with Crippen LogP contribution in [0.1, 0.15) is 47.2 Å². The van der Waals surface area contributed by atoms with E-state index in [1.54, 1.807) is 32.9 Å². The number of rotatable bonds is 4. The van der Waals surface area contributed by atoms with Gasteiger partial charge in [-0.15, -0.1) is 4.68 Å². The van der Waals surface area contributed by atoms with Crippen LogP contribution in [-0.4, -0.2) is 40.5 Å². The van der Waals surface area contributed by atoms with Gasteiger partial charge in [0.1, 0.15) is 11.4 Å². The first kappa shape index (κ1) is 20.9. The molecule has 0 fully saturated rings. The Hall–Kier alpha value is -2.43. The number of hydrogen-bond acceptors (Lipinski definition) is 6. The molecule has 0 aliphatic rings. The van der Waals surface area contributed by atoms with E-state index in [4.69, 9.17) is 4.74 Å². The molecule has 0 saturated heterocycles. The van der Waals surface area contributed by atoms with Crippen molar-refractivity contribution in [2.45, 2.75) is 30.8 Å². The minimum Gasteiger partial charge on any atom is -0.464 e. The van der Waals surface area contributed by atoms with Crippen molar-refractivity contribution >= 4 is 46.4 Å². The number of ether oxygens (including phenoxy) is 2. The molecule has 27 heavy (non-hydrogen) atoms. The highest BCUT2D eigenvalue weighted by molar-refractivity contribution is 14.1. The van der Waals surface area contributed by atoms with Gasteiger partial charge >= 0.3 is 12.1 Å². The fourth-order valence-corrected chi connectivity index (χ4v) is 2.83. The van der Waals surface area contributed by atoms with Crippen LogP contribution in [-0.2, 0) is 13.9 Å². The molecule has 0 saturated carbocycles. The Morgan fingerprint density at radius 3 is 2.48 bits per heavy atom. The van der Waals surface area contributed by atoms with E-state index in [0.717, 1.165) is 10.2 Å². The van der Waals surface area contributed by atoms with Crippen LogP contribution in [0, 0.1) is 0 Å². The van der Waals surface area contributed by atoms with Gasteiger partial charge in [0.25, 0.3) is 5.91 Å². The third-order valence-electron chi connectivity index (χ3n) is 3.32. The molecular weight excluding hydrogens is 465 g/mol. The lowest BCUT2D eigenvalue weighted by Crippen LogP contribution is -2.29. The molecule has 0 radical (unpaired) electrons. The van der Waals surface area contributed by atoms with Gasteiger partial charge in [0.2, 0.25) is 0 Å². The standard InChI is InChI=1S/C18H20IN3O5/c1-18(2,3)27-17(25)22-14(9-13(21-22)16(24)26-4)20-15(23)12-8-6-5-7-11(12)10-19/h5-9H,10H2,1-4H3,(H,20,23). The number of benzene rings is 1. The molecule has 144 valence electrons. The van der Waals surface area contributed by atoms with Crippen LogP contribution >= 0.6 is 22.6 Å². The van der Waals surface area contributed by atoms with Crippen molar-refractivity contribution in [3.63, 3.8) is 0 Å². The fraction of sp³-hybridized carbons (Fsp3) is 0.333. The lowest BCUT2D eigenvalue weighted by molar-refractivity contribution is 0.0515. The van der Waals surface area contributed by atoms with Crippen molar-refractivity contribution in [1.29, 1.82) is 0 Å². The highest BCUT2D eigenvalue weighted by Crippen LogP contribution is 2.19. The first-order chi connectivity index (χ1) is 12.7. The number of nitrogens with one attached hydrogen (secondary N) is 1. The zero-order chi connectivity index (χ0) is 20.2. The average Bonchev–Trinajstić information content (AvgIpc) is 3.03. The predicted molar refractivity (Wildman–Crippen MR) is 107 cm³/mol. The number of methoxy groups -OCH3 is 1. The number of alkyl halides is 1. The molecule has 0 spiro atoms. The normalized spacial score (nSPS) is 11.0. The third-order valence-corrected chi connectivity index (χ3v) is 4.14. The summed E-state index contributed by atoms with van der Waals surface area (Å²) >= 11 is 2.16. The monoisotopic (exact) mass is 485 g/mol. The van der Waals surface area contributed by atoms with E-state index in [1.165, 1.54) is 13.2 Å². The molecule has 9 heteroatoms. The summed E-state index contributed by atoms with van der Waals surface area (Å²) < 4.78 is 11.4. The van der Waals surface area contributed by atoms with Gasteiger partial charge in [-0.25, -0.2) is 9.59 Å². The Morgan fingerprint density at radius 2 is 1.89 bits per heavy atom. The SMILES string of the molecule is COC(=O)c1cc(NC(=O)c2ccccc2CI)n(C(=O)OC(C)(C)C)n1. The van der Waals surface area contributed by atoms with Crippen LogP contribution in [0.25, 0.3) is 0 Å². The molecule has 0 bridgehead atoms. The van der Waals surface area contributed by atoms with Gasteiger partial charge in [-0.3, -0.25) is 4.79 Å². The van der Waals surface area contributed by atoms with E-state index in [0.29, 0.717) is 9.99 Å². The molecule has 1 aromatic carbocycles. The lowest BCUT2D eigenvalue weighted by Gasteiger charge is -2.19. The molecule has 1 heterocycles. The van der Waals surface area contributed by atoms with Gasteiger partial charge in [-0.05, 0) is 32.4 Å². The van der Waals surface area contributed by atoms with Crippen LogP contribution in [0.15, 0.2) is 30.3 Å². The molecule has 0 aliphatic heterocycles. The van der Waals surface area contributed by atoms with Gasteiger partial charge in [0.15, 0.2) is 5.69 Å². The number of amides is 1. The first-order valence-corrected chi connectivity index (χ1v) is 9.55. The highest BCUT2D eigenvalue weighted by atomic mass is 127. The van der Waals surface area contributed by atoms with Crippen LogP contribution < -0.4 is 5.32 Å². The van der Waals surface area contributed by atoms with E-state index in [1.807, 2.05) is 12.1 Å². The van der Waals surface area contributed by atoms with Gasteiger partial charge in [-0.1, -0.05) is 40.8 Å². The maximum absolute atomic E-state index is 12.7. The first-order valence-electron chi connectivity index (χ1n) is 8.03. The quantitative estimate of drug-likeness (QED) is 0.404. The number of carbonyl (C=O) groups excluding carboxylic acids is 3. The zero-order valence-corrected chi connectivity index (χ0v) is 17.6. The van der Waals surface area contributed by atoms with E-state index in [-0.39, 0.29) is 11.5 Å². The number of esters is 1. The summed E-state index contributed by atoms with van der Waals surface area (Å²) in [6.07, 6.45) is -0.824. The van der Waals surface area contributed by atoms with Crippen molar-refractivity contribution in [2.24, 2.45) is 0 Å². The minimum atomic E-state index is -0.824. The molecule has 8 nitrogen and oxygen atoms in total. The van der Waals surface area contributed by atoms with Crippen LogP contribution in [0.3, 0.4) is 0 Å². The van der Waals surface area contributed by atoms with E-state index in [2.05, 4.69) is 37.7 Å². The lowest BCUT2D eigenvalue weighted by atomic mass is 10.1. The molecule has 1 amide bonds. The van der Waals surface area contributed by atoms with Crippen LogP contribution in [0.4, 0.5) is 10.6 Å². The van der Waals surface area contributed by atoms with E-state index >= 15 is 0 Å². The number of nitrogens with zero attached hydrogens (tertiary/aromatic N) is 2. The van der Waals surface area contributed by atoms with Crippen LogP contribution in [0.2, 0.25) is 0 Å². The van der Waals surface area contributed by atoms with E-state index < -0.39 is 23.6 Å². The molecule has 0 unspecified atom stereocenters. The summed E-state index contributed by atoms with van der Waals surface area (Å²) in [5, 5.41) is 6.52. The smallest absolute Gasteiger partial charge is 0.437 e. The molecule has 1 aromatic heterocycles. The summed E-state index contributed by atoms with van der Waals surface area (Å²) in [5.74, 6) is -1.15. The summed E-state index contributed by atoms with van der Waals surface area (Å²) in [5.41, 5.74) is 0.403. The maximum Gasteiger partial charge on any atom is 0.437 e. The van der Waals surface area contributed by atoms with Crippen molar-refractivity contribution in [3.8, 4) is 0 Å². The number of anilines is 1. The average molecular weight is 485 g/mol. The third kappa shape index (κ3) is 5.28. The Morgan fingerprint density at radius 1 is 1.22 bits per heavy atom. The minimum absolute atomic E-state index is 0.0120. The predicted octanol–water partition coefficient (Wildman–Crippen LogP) is 3.64. The van der Waals surface area contributed by atoms with Gasteiger partial charge < -0.3 is 14.8 Å². The van der Waals surface area contributed by atoms with Crippen molar-refractivity contribution in [2.75, 3.05) is 12.4 Å². The largest absolute Gasteiger partial charge is 0.464 e. The van der Waals surface area contributed by atoms with Gasteiger partial charge in [0.05, 0.1) is 7.11 Å². The zero-order valence-electron chi connectivity index (χ0n) is 15.4. The topological polar surface area (TPSA) is 99.5 Å². The van der Waals surface area contributed by atoms with E-state index in [9.17, 15) is 14.4 Å². The molecule has 0 aliphatic carbocycles. The van der Waals surface area contributed by atoms with Crippen LogP contribution in [0.5, 0.6) is 0 Å². The molecular formula is C18H20IN3O5. The Kier molecular flexibility index (Phi) is 6.58. The van der Waals surface area contributed by atoms with Gasteiger partial charge in [0, 0.05) is 16.1 Å². The second kappa shape index (κ2) is 8.51. The highest BCUT2D eigenvalue weighted by Gasteiger charge is 2.25. The summed E-state index contributed by atoms with van der Waals surface area (Å²) in [6, 6.07) is 8.37. The number of halogens is 1. The second-order valence-corrected chi connectivity index (χ2v) is 7.31. The molecule has 2 aromatic rings. The summed E-state index contributed by atoms with van der Waals surface area (Å²) in [4.78, 5) is 36.9. The Labute approximate surface area is 170 Å². The Balaban J connectivity index is 2.39. The number of carbonyl (C=O) groups is 3. The molecule has 0 atom stereocenters. The summed E-state index contributed by atoms with van der Waals surface area (Å²) in [6.45, 7) is 5.10. The molecule has 1 N–H and O–H groups in total. The van der Waals surface area contributed by atoms with Crippen molar-refractivity contribution in [3.05, 3.63) is 47.2 Å². The van der Waals surface area contributed by atoms with Crippen molar-refractivity contribution in [1.82, 2.24) is 9.78 Å². The second-order valence-electron chi connectivity index (χ2n) is 6.54. The Bertz CT molecular complexity index is 870. The summed E-state index contributed by atoms with van der Waals surface area (Å²) in [7, 11) is 1.20. The van der Waals surface area contributed by atoms with Gasteiger partial charge in [-0.2, -0.15) is 5.10 Å². The number of aromatic nitrogens is 2. The molecule has 2 rings (SSSR count). The van der Waals surface area contributed by atoms with Crippen molar-refractivity contribution < 1.29 is 23.9 Å². The number of hydrogen-bond donors (Lipinski definition) is 1. The maximum atomic E-state index is 12.7. The fourth-order valence-electron chi connectivity index (χ4n) is 2.16.